The van der Waals surface area contributed by atoms with Crippen LogP contribution in [0.15, 0.2) is 29.2 Å². The highest BCUT2D eigenvalue weighted by molar-refractivity contribution is 7.89. The molecule has 2 N–H and O–H groups in total. The number of aryl methyl sites for hydroxylation is 1. The Morgan fingerprint density at radius 2 is 2.00 bits per heavy atom. The van der Waals surface area contributed by atoms with Crippen molar-refractivity contribution in [3.63, 3.8) is 0 Å². The molecule has 2 atom stereocenters. The second kappa shape index (κ2) is 9.87. The van der Waals surface area contributed by atoms with E-state index in [2.05, 4.69) is 10.6 Å². The number of piperidine rings is 1. The summed E-state index contributed by atoms with van der Waals surface area (Å²) in [7, 11) is -3.53. The number of halogens is 1. The molecule has 27 heavy (non-hydrogen) atoms. The Hall–Kier alpha value is -1.15. The van der Waals surface area contributed by atoms with Crippen molar-refractivity contribution < 1.29 is 13.2 Å². The maximum absolute atomic E-state index is 12.8. The summed E-state index contributed by atoms with van der Waals surface area (Å²) in [4.78, 5) is 12.8. The Balaban J connectivity index is 0.00000261. The number of nitrogens with one attached hydrogen (secondary N) is 2. The minimum atomic E-state index is -3.53. The van der Waals surface area contributed by atoms with Gasteiger partial charge in [0.25, 0.3) is 0 Å². The van der Waals surface area contributed by atoms with Crippen molar-refractivity contribution in [2.75, 3.05) is 32.7 Å². The predicted molar refractivity (Wildman–Crippen MR) is 109 cm³/mol. The number of sulfonamides is 1. The van der Waals surface area contributed by atoms with E-state index in [1.807, 2.05) is 6.92 Å². The monoisotopic (exact) mass is 415 g/mol. The van der Waals surface area contributed by atoms with Gasteiger partial charge in [-0.2, -0.15) is 4.31 Å². The lowest BCUT2D eigenvalue weighted by atomic mass is 9.98. The molecule has 2 aliphatic heterocycles. The van der Waals surface area contributed by atoms with Gasteiger partial charge in [0.1, 0.15) is 0 Å². The van der Waals surface area contributed by atoms with E-state index in [-0.39, 0.29) is 30.8 Å². The van der Waals surface area contributed by atoms with E-state index in [9.17, 15) is 13.2 Å². The summed E-state index contributed by atoms with van der Waals surface area (Å²) in [6.45, 7) is 5.45. The molecule has 3 rings (SSSR count). The highest BCUT2D eigenvalue weighted by atomic mass is 35.5. The number of nitrogens with zero attached hydrogens (tertiary/aromatic N) is 1. The molecule has 1 aromatic carbocycles. The van der Waals surface area contributed by atoms with Crippen LogP contribution in [-0.4, -0.2) is 51.4 Å². The predicted octanol–water partition coefficient (Wildman–Crippen LogP) is 1.93. The SMILES string of the molecule is Cc1ccc(S(=O)(=O)N2CCCC(C(=O)NCCC3CCNC3)C2)cc1.Cl. The normalized spacial score (nSPS) is 23.6. The molecule has 0 radical (unpaired) electrons. The first kappa shape index (κ1) is 22.1. The highest BCUT2D eigenvalue weighted by Gasteiger charge is 2.33. The summed E-state index contributed by atoms with van der Waals surface area (Å²) in [6, 6.07) is 6.89. The van der Waals surface area contributed by atoms with E-state index in [1.54, 1.807) is 24.3 Å². The summed E-state index contributed by atoms with van der Waals surface area (Å²) >= 11 is 0. The molecule has 2 heterocycles. The average molecular weight is 416 g/mol. The van der Waals surface area contributed by atoms with Crippen LogP contribution in [0.4, 0.5) is 0 Å². The zero-order valence-electron chi connectivity index (χ0n) is 15.8. The summed E-state index contributed by atoms with van der Waals surface area (Å²) in [6.07, 6.45) is 3.62. The number of carbonyl (C=O) groups excluding carboxylic acids is 1. The van der Waals surface area contributed by atoms with Crippen LogP contribution < -0.4 is 10.6 Å². The first-order valence-corrected chi connectivity index (χ1v) is 11.0. The Bertz CT molecular complexity index is 718. The van der Waals surface area contributed by atoms with Gasteiger partial charge in [0.05, 0.1) is 10.8 Å². The third-order valence-electron chi connectivity index (χ3n) is 5.43. The van der Waals surface area contributed by atoms with Crippen LogP contribution in [0.1, 0.15) is 31.2 Å². The van der Waals surface area contributed by atoms with Gasteiger partial charge in [0.2, 0.25) is 15.9 Å². The van der Waals surface area contributed by atoms with Crippen molar-refractivity contribution in [3.8, 4) is 0 Å². The Morgan fingerprint density at radius 3 is 2.67 bits per heavy atom. The van der Waals surface area contributed by atoms with Crippen molar-refractivity contribution in [2.24, 2.45) is 11.8 Å². The molecule has 1 aromatic rings. The third kappa shape index (κ3) is 5.67. The van der Waals surface area contributed by atoms with Gasteiger partial charge in [0, 0.05) is 19.6 Å². The van der Waals surface area contributed by atoms with Crippen LogP contribution in [0.3, 0.4) is 0 Å². The van der Waals surface area contributed by atoms with Crippen LogP contribution in [0.2, 0.25) is 0 Å². The fourth-order valence-electron chi connectivity index (χ4n) is 3.74. The van der Waals surface area contributed by atoms with Gasteiger partial charge in [-0.15, -0.1) is 12.4 Å². The first-order chi connectivity index (χ1) is 12.5. The van der Waals surface area contributed by atoms with E-state index in [1.165, 1.54) is 10.7 Å². The van der Waals surface area contributed by atoms with E-state index >= 15 is 0 Å². The molecule has 6 nitrogen and oxygen atoms in total. The lowest BCUT2D eigenvalue weighted by Gasteiger charge is -2.31. The standard InChI is InChI=1S/C19H29N3O3S.ClH/c1-15-4-6-18(7-5-15)26(24,25)22-12-2-3-17(14-22)19(23)21-11-9-16-8-10-20-13-16;/h4-7,16-17,20H,2-3,8-14H2,1H3,(H,21,23);1H. The molecule has 0 spiro atoms. The molecule has 0 bridgehead atoms. The summed E-state index contributed by atoms with van der Waals surface area (Å²) in [5.41, 5.74) is 1.03. The number of carbonyl (C=O) groups is 1. The van der Waals surface area contributed by atoms with Crippen LogP contribution in [-0.2, 0) is 14.8 Å². The highest BCUT2D eigenvalue weighted by Crippen LogP contribution is 2.24. The van der Waals surface area contributed by atoms with Crippen LogP contribution >= 0.6 is 12.4 Å². The molecule has 0 aromatic heterocycles. The minimum Gasteiger partial charge on any atom is -0.356 e. The zero-order chi connectivity index (χ0) is 18.6. The van der Waals surface area contributed by atoms with Crippen LogP contribution in [0, 0.1) is 18.8 Å². The minimum absolute atomic E-state index is 0. The van der Waals surface area contributed by atoms with Crippen molar-refractivity contribution in [3.05, 3.63) is 29.8 Å². The van der Waals surface area contributed by atoms with Crippen LogP contribution in [0.25, 0.3) is 0 Å². The quantitative estimate of drug-likeness (QED) is 0.744. The Labute approximate surface area is 168 Å². The average Bonchev–Trinajstić information content (AvgIpc) is 3.15. The fourth-order valence-corrected chi connectivity index (χ4v) is 5.26. The van der Waals surface area contributed by atoms with Crippen molar-refractivity contribution >= 4 is 28.3 Å². The van der Waals surface area contributed by atoms with Gasteiger partial charge >= 0.3 is 0 Å². The van der Waals surface area contributed by atoms with Gasteiger partial charge in [-0.25, -0.2) is 8.42 Å². The lowest BCUT2D eigenvalue weighted by molar-refractivity contribution is -0.126. The fraction of sp³-hybridized carbons (Fsp3) is 0.632. The molecule has 0 saturated carbocycles. The largest absolute Gasteiger partial charge is 0.356 e. The molecule has 2 unspecified atom stereocenters. The molecule has 2 fully saturated rings. The van der Waals surface area contributed by atoms with Crippen molar-refractivity contribution in [2.45, 2.75) is 37.5 Å². The van der Waals surface area contributed by atoms with E-state index < -0.39 is 10.0 Å². The third-order valence-corrected chi connectivity index (χ3v) is 7.31. The molecular formula is C19H30ClN3O3S. The first-order valence-electron chi connectivity index (χ1n) is 9.52. The second-order valence-corrected chi connectivity index (χ2v) is 9.39. The van der Waals surface area contributed by atoms with Gasteiger partial charge in [-0.05, 0) is 63.7 Å². The van der Waals surface area contributed by atoms with E-state index in [4.69, 9.17) is 0 Å². The van der Waals surface area contributed by atoms with Crippen LogP contribution in [0.5, 0.6) is 0 Å². The maximum Gasteiger partial charge on any atom is 0.243 e. The molecule has 8 heteroatoms. The lowest BCUT2D eigenvalue weighted by Crippen LogP contribution is -2.45. The summed E-state index contributed by atoms with van der Waals surface area (Å²) < 4.78 is 27.1. The number of amides is 1. The smallest absolute Gasteiger partial charge is 0.243 e. The Morgan fingerprint density at radius 1 is 1.26 bits per heavy atom. The number of hydrogen-bond acceptors (Lipinski definition) is 4. The summed E-state index contributed by atoms with van der Waals surface area (Å²) in [5, 5.41) is 6.34. The second-order valence-electron chi connectivity index (χ2n) is 7.45. The zero-order valence-corrected chi connectivity index (χ0v) is 17.4. The topological polar surface area (TPSA) is 78.5 Å². The van der Waals surface area contributed by atoms with Gasteiger partial charge in [0.15, 0.2) is 0 Å². The molecule has 2 saturated heterocycles. The molecule has 0 aliphatic carbocycles. The molecular weight excluding hydrogens is 386 g/mol. The van der Waals surface area contributed by atoms with E-state index in [0.29, 0.717) is 23.9 Å². The number of hydrogen-bond donors (Lipinski definition) is 2. The Kier molecular flexibility index (Phi) is 8.09. The molecule has 2 aliphatic rings. The molecule has 152 valence electrons. The summed E-state index contributed by atoms with van der Waals surface area (Å²) in [5.74, 6) is 0.366. The van der Waals surface area contributed by atoms with Crippen molar-refractivity contribution in [1.29, 1.82) is 0 Å². The molecule has 1 amide bonds. The van der Waals surface area contributed by atoms with Gasteiger partial charge in [-0.3, -0.25) is 4.79 Å². The number of rotatable bonds is 6. The van der Waals surface area contributed by atoms with Gasteiger partial charge < -0.3 is 10.6 Å². The maximum atomic E-state index is 12.8. The van der Waals surface area contributed by atoms with Gasteiger partial charge in [-0.1, -0.05) is 17.7 Å². The van der Waals surface area contributed by atoms with Crippen molar-refractivity contribution in [1.82, 2.24) is 14.9 Å². The number of benzene rings is 1. The van der Waals surface area contributed by atoms with E-state index in [0.717, 1.165) is 37.9 Å².